The van der Waals surface area contributed by atoms with Gasteiger partial charge in [-0.2, -0.15) is 13.2 Å². The van der Waals surface area contributed by atoms with Crippen LogP contribution in [0.2, 0.25) is 0 Å². The molecule has 2 saturated heterocycles. The van der Waals surface area contributed by atoms with Gasteiger partial charge in [-0.3, -0.25) is 4.90 Å². The van der Waals surface area contributed by atoms with E-state index in [-0.39, 0.29) is 18.9 Å². The Morgan fingerprint density at radius 1 is 0.943 bits per heavy atom. The molecular formula is C29H39F3N2O. The van der Waals surface area contributed by atoms with Crippen molar-refractivity contribution in [3.8, 4) is 0 Å². The number of rotatable bonds is 6. The zero-order chi connectivity index (χ0) is 24.6. The summed E-state index contributed by atoms with van der Waals surface area (Å²) in [4.78, 5) is 2.78. The van der Waals surface area contributed by atoms with Gasteiger partial charge in [-0.15, -0.1) is 0 Å². The molecule has 1 aliphatic carbocycles. The minimum absolute atomic E-state index is 0.116. The number of hydrogen-bond acceptors (Lipinski definition) is 3. The molecule has 3 fully saturated rings. The first-order valence-electron chi connectivity index (χ1n) is 13.4. The van der Waals surface area contributed by atoms with Crippen LogP contribution >= 0.6 is 0 Å². The van der Waals surface area contributed by atoms with Crippen LogP contribution in [-0.2, 0) is 4.74 Å². The number of anilines is 1. The van der Waals surface area contributed by atoms with Crippen LogP contribution in [0, 0.1) is 11.8 Å². The molecular weight excluding hydrogens is 449 g/mol. The van der Waals surface area contributed by atoms with Gasteiger partial charge in [0.1, 0.15) is 0 Å². The smallest absolute Gasteiger partial charge is 0.384 e. The fraction of sp³-hybridized carbons (Fsp3) is 0.655. The molecule has 3 aliphatic rings. The summed E-state index contributed by atoms with van der Waals surface area (Å²) in [7, 11) is 1.82. The molecule has 2 aromatic rings. The molecule has 2 aliphatic heterocycles. The number of benzene rings is 2. The Labute approximate surface area is 207 Å². The summed E-state index contributed by atoms with van der Waals surface area (Å²) in [6.07, 6.45) is 3.92. The molecule has 35 heavy (non-hydrogen) atoms. The highest BCUT2D eigenvalue weighted by molar-refractivity contribution is 5.86. The molecule has 2 aromatic carbocycles. The van der Waals surface area contributed by atoms with Gasteiger partial charge in [0.2, 0.25) is 0 Å². The Morgan fingerprint density at radius 2 is 1.60 bits per heavy atom. The maximum Gasteiger partial charge on any atom is 0.391 e. The van der Waals surface area contributed by atoms with E-state index in [9.17, 15) is 13.2 Å². The highest BCUT2D eigenvalue weighted by atomic mass is 19.4. The zero-order valence-corrected chi connectivity index (χ0v) is 21.0. The van der Waals surface area contributed by atoms with Gasteiger partial charge in [-0.05, 0) is 98.7 Å². The summed E-state index contributed by atoms with van der Waals surface area (Å²) >= 11 is 0. The van der Waals surface area contributed by atoms with Crippen molar-refractivity contribution in [1.82, 2.24) is 4.90 Å². The van der Waals surface area contributed by atoms with Crippen molar-refractivity contribution < 1.29 is 17.9 Å². The third-order valence-corrected chi connectivity index (χ3v) is 8.89. The SMILES string of the molecule is COCC1CC2CCCC(C1)N2[C@@H](C)c1ccc2cc(NC3CCC(C(F)(F)F)CC3)ccc2c1. The van der Waals surface area contributed by atoms with Crippen LogP contribution in [0.3, 0.4) is 0 Å². The Balaban J connectivity index is 1.25. The number of fused-ring (bicyclic) bond motifs is 3. The lowest BCUT2D eigenvalue weighted by Gasteiger charge is -2.51. The number of alkyl halides is 3. The number of methoxy groups -OCH3 is 1. The quantitative estimate of drug-likeness (QED) is 0.451. The molecule has 6 heteroatoms. The second-order valence-corrected chi connectivity index (χ2v) is 11.2. The van der Waals surface area contributed by atoms with Gasteiger partial charge in [0.05, 0.1) is 5.92 Å². The molecule has 1 N–H and O–H groups in total. The maximum atomic E-state index is 13.0. The highest BCUT2D eigenvalue weighted by Crippen LogP contribution is 2.43. The van der Waals surface area contributed by atoms with E-state index in [4.69, 9.17) is 4.74 Å². The average molecular weight is 489 g/mol. The van der Waals surface area contributed by atoms with E-state index in [1.165, 1.54) is 48.4 Å². The number of halogens is 3. The van der Waals surface area contributed by atoms with Crippen molar-refractivity contribution in [2.45, 2.75) is 95.1 Å². The molecule has 192 valence electrons. The molecule has 3 atom stereocenters. The zero-order valence-electron chi connectivity index (χ0n) is 21.0. The van der Waals surface area contributed by atoms with Crippen molar-refractivity contribution in [1.29, 1.82) is 0 Å². The van der Waals surface area contributed by atoms with Gasteiger partial charge in [0.25, 0.3) is 0 Å². The van der Waals surface area contributed by atoms with Gasteiger partial charge in [0.15, 0.2) is 0 Å². The molecule has 3 nitrogen and oxygen atoms in total. The number of nitrogens with zero attached hydrogens (tertiary/aromatic N) is 1. The van der Waals surface area contributed by atoms with E-state index in [0.29, 0.717) is 36.9 Å². The Bertz CT molecular complexity index is 987. The fourth-order valence-corrected chi connectivity index (χ4v) is 7.12. The molecule has 0 spiro atoms. The molecule has 5 rings (SSSR count). The van der Waals surface area contributed by atoms with E-state index in [0.717, 1.165) is 12.3 Å². The molecule has 2 heterocycles. The summed E-state index contributed by atoms with van der Waals surface area (Å²) in [5.41, 5.74) is 2.37. The summed E-state index contributed by atoms with van der Waals surface area (Å²) < 4.78 is 44.4. The lowest BCUT2D eigenvalue weighted by Crippen LogP contribution is -2.53. The largest absolute Gasteiger partial charge is 0.391 e. The van der Waals surface area contributed by atoms with Gasteiger partial charge in [0, 0.05) is 43.6 Å². The monoisotopic (exact) mass is 488 g/mol. The fourth-order valence-electron chi connectivity index (χ4n) is 7.12. The maximum absolute atomic E-state index is 13.0. The Morgan fingerprint density at radius 3 is 2.26 bits per heavy atom. The van der Waals surface area contributed by atoms with Crippen molar-refractivity contribution in [2.24, 2.45) is 11.8 Å². The standard InChI is InChI=1S/C29H39F3N2O/c1-19(34-27-4-3-5-28(34)15-20(14-27)18-35-2)21-6-7-23-17-26(11-8-22(23)16-21)33-25-12-9-24(10-13-25)29(30,31)32/h6-8,11,16-17,19-20,24-25,27-28,33H,3-5,9-10,12-15,18H2,1-2H3/t19-,20?,24?,25?,27?,28?/m0/s1. The van der Waals surface area contributed by atoms with Crippen LogP contribution in [0.1, 0.15) is 76.3 Å². The first kappa shape index (κ1) is 24.9. The van der Waals surface area contributed by atoms with E-state index in [1.54, 1.807) is 0 Å². The number of hydrogen-bond donors (Lipinski definition) is 1. The minimum Gasteiger partial charge on any atom is -0.384 e. The van der Waals surface area contributed by atoms with Gasteiger partial charge in [-0.1, -0.05) is 24.6 Å². The number of nitrogens with one attached hydrogen (secondary N) is 1. The second-order valence-electron chi connectivity index (χ2n) is 11.2. The van der Waals surface area contributed by atoms with Gasteiger partial charge >= 0.3 is 6.18 Å². The van der Waals surface area contributed by atoms with Gasteiger partial charge in [-0.25, -0.2) is 0 Å². The van der Waals surface area contributed by atoms with Crippen molar-refractivity contribution in [3.05, 3.63) is 42.0 Å². The predicted octanol–water partition coefficient (Wildman–Crippen LogP) is 7.71. The van der Waals surface area contributed by atoms with E-state index in [2.05, 4.69) is 53.5 Å². The summed E-state index contributed by atoms with van der Waals surface area (Å²) in [6.45, 7) is 3.24. The number of ether oxygens (including phenoxy) is 1. The third-order valence-electron chi connectivity index (χ3n) is 8.89. The summed E-state index contributed by atoms with van der Waals surface area (Å²) in [5.74, 6) is -0.451. The Hall–Kier alpha value is -1.79. The van der Waals surface area contributed by atoms with Crippen LogP contribution in [0.5, 0.6) is 0 Å². The summed E-state index contributed by atoms with van der Waals surface area (Å²) in [5, 5.41) is 5.89. The summed E-state index contributed by atoms with van der Waals surface area (Å²) in [6, 6.07) is 15.0. The molecule has 0 amide bonds. The van der Waals surface area contributed by atoms with E-state index >= 15 is 0 Å². The Kier molecular flexibility index (Phi) is 7.32. The average Bonchev–Trinajstić information content (AvgIpc) is 2.83. The van der Waals surface area contributed by atoms with E-state index < -0.39 is 12.1 Å². The topological polar surface area (TPSA) is 24.5 Å². The van der Waals surface area contributed by atoms with Crippen LogP contribution < -0.4 is 5.32 Å². The van der Waals surface area contributed by atoms with Gasteiger partial charge < -0.3 is 10.1 Å². The van der Waals surface area contributed by atoms with Crippen LogP contribution in [0.15, 0.2) is 36.4 Å². The molecule has 2 bridgehead atoms. The van der Waals surface area contributed by atoms with E-state index in [1.807, 2.05) is 7.11 Å². The lowest BCUT2D eigenvalue weighted by molar-refractivity contribution is -0.182. The molecule has 2 unspecified atom stereocenters. The predicted molar refractivity (Wildman–Crippen MR) is 136 cm³/mol. The van der Waals surface area contributed by atoms with Crippen LogP contribution in [0.25, 0.3) is 10.8 Å². The molecule has 0 aromatic heterocycles. The second kappa shape index (κ2) is 10.3. The normalized spacial score (nSPS) is 30.8. The van der Waals surface area contributed by atoms with Crippen molar-refractivity contribution >= 4 is 16.5 Å². The first-order valence-corrected chi connectivity index (χ1v) is 13.4. The minimum atomic E-state index is -4.05. The lowest BCUT2D eigenvalue weighted by atomic mass is 9.77. The van der Waals surface area contributed by atoms with Crippen LogP contribution in [0.4, 0.5) is 18.9 Å². The number of piperidine rings is 2. The first-order chi connectivity index (χ1) is 16.8. The third kappa shape index (κ3) is 5.48. The molecule has 1 saturated carbocycles. The van der Waals surface area contributed by atoms with Crippen molar-refractivity contribution in [3.63, 3.8) is 0 Å². The van der Waals surface area contributed by atoms with Crippen molar-refractivity contribution in [2.75, 3.05) is 19.0 Å². The highest BCUT2D eigenvalue weighted by Gasteiger charge is 2.42. The van der Waals surface area contributed by atoms with Crippen LogP contribution in [-0.4, -0.2) is 42.9 Å². The molecule has 0 radical (unpaired) electrons.